The molecule has 4 heteroatoms. The lowest BCUT2D eigenvalue weighted by atomic mass is 10.1. The maximum absolute atomic E-state index is 9.52. The van der Waals surface area contributed by atoms with Gasteiger partial charge in [-0.25, -0.2) is 4.98 Å². The summed E-state index contributed by atoms with van der Waals surface area (Å²) in [5.41, 5.74) is 3.48. The van der Waals surface area contributed by atoms with Crippen LogP contribution in [0.25, 0.3) is 5.65 Å². The summed E-state index contributed by atoms with van der Waals surface area (Å²) in [5.74, 6) is 0. The molecule has 3 heterocycles. The number of hydrogen-bond donors (Lipinski definition) is 1. The first-order chi connectivity index (χ1) is 8.74. The SMILES string of the molecule is Cc1cccn2c(CN3CCC(O)CC3)cnc12. The number of piperidine rings is 1. The van der Waals surface area contributed by atoms with Crippen LogP contribution in [-0.4, -0.2) is 38.6 Å². The topological polar surface area (TPSA) is 40.8 Å². The molecule has 18 heavy (non-hydrogen) atoms. The number of aliphatic hydroxyl groups excluding tert-OH is 1. The highest BCUT2D eigenvalue weighted by molar-refractivity contribution is 5.48. The Labute approximate surface area is 107 Å². The number of hydrogen-bond acceptors (Lipinski definition) is 3. The average molecular weight is 245 g/mol. The summed E-state index contributed by atoms with van der Waals surface area (Å²) in [5, 5.41) is 9.52. The molecule has 0 spiro atoms. The van der Waals surface area contributed by atoms with Crippen LogP contribution in [0, 0.1) is 6.92 Å². The quantitative estimate of drug-likeness (QED) is 0.873. The fourth-order valence-electron chi connectivity index (χ4n) is 2.63. The maximum Gasteiger partial charge on any atom is 0.139 e. The second-order valence-electron chi connectivity index (χ2n) is 5.14. The predicted octanol–water partition coefficient (Wildman–Crippen LogP) is 1.60. The van der Waals surface area contributed by atoms with E-state index in [-0.39, 0.29) is 6.10 Å². The van der Waals surface area contributed by atoms with Gasteiger partial charge in [-0.15, -0.1) is 0 Å². The van der Waals surface area contributed by atoms with Gasteiger partial charge in [0, 0.05) is 25.8 Å². The molecule has 0 aromatic carbocycles. The summed E-state index contributed by atoms with van der Waals surface area (Å²) in [4.78, 5) is 6.87. The van der Waals surface area contributed by atoms with E-state index in [0.717, 1.165) is 38.1 Å². The maximum atomic E-state index is 9.52. The molecule has 4 nitrogen and oxygen atoms in total. The molecule has 0 atom stereocenters. The van der Waals surface area contributed by atoms with Gasteiger partial charge in [0.1, 0.15) is 5.65 Å². The molecule has 2 aromatic heterocycles. The first kappa shape index (κ1) is 11.7. The summed E-state index contributed by atoms with van der Waals surface area (Å²) >= 11 is 0. The smallest absolute Gasteiger partial charge is 0.139 e. The fourth-order valence-corrected chi connectivity index (χ4v) is 2.63. The van der Waals surface area contributed by atoms with E-state index >= 15 is 0 Å². The Bertz CT molecular complexity index is 541. The number of pyridine rings is 1. The molecule has 0 bridgehead atoms. The fraction of sp³-hybridized carbons (Fsp3) is 0.500. The van der Waals surface area contributed by atoms with Crippen molar-refractivity contribution >= 4 is 5.65 Å². The van der Waals surface area contributed by atoms with Gasteiger partial charge in [-0.2, -0.15) is 0 Å². The summed E-state index contributed by atoms with van der Waals surface area (Å²) in [6.45, 7) is 4.95. The van der Waals surface area contributed by atoms with Gasteiger partial charge >= 0.3 is 0 Å². The number of aliphatic hydroxyl groups is 1. The monoisotopic (exact) mass is 245 g/mol. The minimum absolute atomic E-state index is 0.106. The minimum atomic E-state index is -0.106. The lowest BCUT2D eigenvalue weighted by molar-refractivity contribution is 0.0785. The van der Waals surface area contributed by atoms with Crippen molar-refractivity contribution < 1.29 is 5.11 Å². The molecule has 0 saturated carbocycles. The number of rotatable bonds is 2. The zero-order valence-electron chi connectivity index (χ0n) is 10.7. The van der Waals surface area contributed by atoms with E-state index in [2.05, 4.69) is 39.5 Å². The lowest BCUT2D eigenvalue weighted by Gasteiger charge is -2.29. The Kier molecular flexibility index (Phi) is 3.06. The highest BCUT2D eigenvalue weighted by Gasteiger charge is 2.18. The summed E-state index contributed by atoms with van der Waals surface area (Å²) in [6.07, 6.45) is 5.70. The first-order valence-corrected chi connectivity index (χ1v) is 6.56. The lowest BCUT2D eigenvalue weighted by Crippen LogP contribution is -2.35. The Hall–Kier alpha value is -1.39. The highest BCUT2D eigenvalue weighted by Crippen LogP contribution is 2.16. The van der Waals surface area contributed by atoms with E-state index in [1.165, 1.54) is 11.3 Å². The first-order valence-electron chi connectivity index (χ1n) is 6.56. The number of aromatic nitrogens is 2. The molecular formula is C14H19N3O. The zero-order chi connectivity index (χ0) is 12.5. The van der Waals surface area contributed by atoms with Gasteiger partial charge in [0.05, 0.1) is 18.0 Å². The van der Waals surface area contributed by atoms with Crippen molar-refractivity contribution in [2.75, 3.05) is 13.1 Å². The van der Waals surface area contributed by atoms with E-state index in [0.29, 0.717) is 0 Å². The Morgan fingerprint density at radius 3 is 2.94 bits per heavy atom. The summed E-state index contributed by atoms with van der Waals surface area (Å²) in [6, 6.07) is 4.15. The van der Waals surface area contributed by atoms with Crippen LogP contribution in [0.5, 0.6) is 0 Å². The Morgan fingerprint density at radius 2 is 2.17 bits per heavy atom. The van der Waals surface area contributed by atoms with E-state index in [4.69, 9.17) is 0 Å². The van der Waals surface area contributed by atoms with Crippen molar-refractivity contribution in [2.24, 2.45) is 0 Å². The minimum Gasteiger partial charge on any atom is -0.393 e. The molecule has 0 aliphatic carbocycles. The van der Waals surface area contributed by atoms with Gasteiger partial charge in [-0.3, -0.25) is 4.90 Å². The molecule has 1 aliphatic rings. The van der Waals surface area contributed by atoms with E-state index in [9.17, 15) is 5.11 Å². The van der Waals surface area contributed by atoms with Crippen LogP contribution in [-0.2, 0) is 6.54 Å². The van der Waals surface area contributed by atoms with Crippen molar-refractivity contribution in [3.63, 3.8) is 0 Å². The van der Waals surface area contributed by atoms with Crippen LogP contribution in [0.15, 0.2) is 24.5 Å². The van der Waals surface area contributed by atoms with Gasteiger partial charge < -0.3 is 9.51 Å². The molecule has 2 aromatic rings. The van der Waals surface area contributed by atoms with Crippen LogP contribution in [0.4, 0.5) is 0 Å². The zero-order valence-corrected chi connectivity index (χ0v) is 10.7. The Morgan fingerprint density at radius 1 is 1.39 bits per heavy atom. The van der Waals surface area contributed by atoms with E-state index in [1.807, 2.05) is 6.20 Å². The molecule has 96 valence electrons. The second kappa shape index (κ2) is 4.71. The largest absolute Gasteiger partial charge is 0.393 e. The van der Waals surface area contributed by atoms with Crippen LogP contribution in [0.2, 0.25) is 0 Å². The number of imidazole rings is 1. The third kappa shape index (κ3) is 2.13. The molecule has 0 unspecified atom stereocenters. The number of likely N-dealkylation sites (tertiary alicyclic amines) is 1. The third-order valence-electron chi connectivity index (χ3n) is 3.75. The second-order valence-corrected chi connectivity index (χ2v) is 5.14. The van der Waals surface area contributed by atoms with Crippen LogP contribution >= 0.6 is 0 Å². The molecule has 1 N–H and O–H groups in total. The van der Waals surface area contributed by atoms with Crippen LogP contribution in [0.3, 0.4) is 0 Å². The summed E-state index contributed by atoms with van der Waals surface area (Å²) < 4.78 is 2.17. The van der Waals surface area contributed by atoms with Crippen molar-refractivity contribution in [3.05, 3.63) is 35.8 Å². The third-order valence-corrected chi connectivity index (χ3v) is 3.75. The molecule has 1 fully saturated rings. The number of aryl methyl sites for hydroxylation is 1. The summed E-state index contributed by atoms with van der Waals surface area (Å²) in [7, 11) is 0. The van der Waals surface area contributed by atoms with Gasteiger partial charge in [0.2, 0.25) is 0 Å². The normalized spacial score (nSPS) is 18.6. The number of fused-ring (bicyclic) bond motifs is 1. The van der Waals surface area contributed by atoms with Crippen molar-refractivity contribution in [3.8, 4) is 0 Å². The molecule has 1 saturated heterocycles. The van der Waals surface area contributed by atoms with Crippen molar-refractivity contribution in [1.82, 2.24) is 14.3 Å². The van der Waals surface area contributed by atoms with Gasteiger partial charge in [0.25, 0.3) is 0 Å². The molecule has 0 amide bonds. The van der Waals surface area contributed by atoms with Crippen LogP contribution in [0.1, 0.15) is 24.1 Å². The Balaban J connectivity index is 1.81. The molecule has 1 aliphatic heterocycles. The van der Waals surface area contributed by atoms with Crippen molar-refractivity contribution in [2.45, 2.75) is 32.4 Å². The molecule has 0 radical (unpaired) electrons. The average Bonchev–Trinajstić information content (AvgIpc) is 2.77. The van der Waals surface area contributed by atoms with Crippen molar-refractivity contribution in [1.29, 1.82) is 0 Å². The number of nitrogens with zero attached hydrogens (tertiary/aromatic N) is 3. The van der Waals surface area contributed by atoms with E-state index in [1.54, 1.807) is 0 Å². The molecule has 3 rings (SSSR count). The predicted molar refractivity (Wildman–Crippen MR) is 70.4 cm³/mol. The van der Waals surface area contributed by atoms with Gasteiger partial charge in [0.15, 0.2) is 0 Å². The molecular weight excluding hydrogens is 226 g/mol. The highest BCUT2D eigenvalue weighted by atomic mass is 16.3. The standard InChI is InChI=1S/C14H19N3O/c1-11-3-2-6-17-12(9-15-14(11)17)10-16-7-4-13(18)5-8-16/h2-3,6,9,13,18H,4-5,7-8,10H2,1H3. The van der Waals surface area contributed by atoms with E-state index < -0.39 is 0 Å². The van der Waals surface area contributed by atoms with Gasteiger partial charge in [-0.05, 0) is 31.4 Å². The van der Waals surface area contributed by atoms with Gasteiger partial charge in [-0.1, -0.05) is 6.07 Å². The van der Waals surface area contributed by atoms with Crippen LogP contribution < -0.4 is 0 Å².